The van der Waals surface area contributed by atoms with Crippen molar-refractivity contribution < 1.29 is 19.8 Å². The molecule has 8 nitrogen and oxygen atoms in total. The van der Waals surface area contributed by atoms with Gasteiger partial charge >= 0.3 is 0 Å². The van der Waals surface area contributed by atoms with Crippen LogP contribution in [-0.2, 0) is 0 Å². The number of aromatic hydroxyl groups is 1. The van der Waals surface area contributed by atoms with Gasteiger partial charge in [0, 0.05) is 11.1 Å². The van der Waals surface area contributed by atoms with Crippen molar-refractivity contribution in [3.8, 4) is 11.5 Å². The van der Waals surface area contributed by atoms with Gasteiger partial charge in [0.15, 0.2) is 5.75 Å². The molecule has 8 heteroatoms. The molecule has 1 amide bonds. The minimum Gasteiger partial charge on any atom is -0.505 e. The summed E-state index contributed by atoms with van der Waals surface area (Å²) in [6.45, 7) is 0. The second-order valence-electron chi connectivity index (χ2n) is 7.06. The van der Waals surface area contributed by atoms with Gasteiger partial charge < -0.3 is 20.4 Å². The molecule has 0 radical (unpaired) electrons. The number of ether oxygens (including phenoxy) is 1. The van der Waals surface area contributed by atoms with Crippen molar-refractivity contribution in [1.29, 1.82) is 0 Å². The van der Waals surface area contributed by atoms with E-state index in [-0.39, 0.29) is 17.0 Å². The molecule has 4 aromatic rings. The van der Waals surface area contributed by atoms with Crippen LogP contribution in [0.3, 0.4) is 0 Å². The van der Waals surface area contributed by atoms with Crippen molar-refractivity contribution >= 4 is 40.0 Å². The highest BCUT2D eigenvalue weighted by Gasteiger charge is 2.18. The van der Waals surface area contributed by atoms with Crippen LogP contribution in [0.5, 0.6) is 11.5 Å². The lowest BCUT2D eigenvalue weighted by Gasteiger charge is -2.11. The molecule has 0 aliphatic heterocycles. The number of methoxy groups -OCH3 is 1. The Labute approximate surface area is 189 Å². The van der Waals surface area contributed by atoms with Crippen LogP contribution >= 0.6 is 0 Å². The number of phenolic OH excluding ortho intramolecular Hbond substituents is 1. The Hall–Kier alpha value is -4.72. The van der Waals surface area contributed by atoms with Crippen LogP contribution < -0.4 is 10.1 Å². The smallest absolute Gasteiger partial charge is 0.259 e. The summed E-state index contributed by atoms with van der Waals surface area (Å²) in [5.74, 6) is -0.0825. The molecule has 0 spiro atoms. The van der Waals surface area contributed by atoms with Crippen LogP contribution in [0.2, 0.25) is 0 Å². The Morgan fingerprint density at radius 3 is 2.39 bits per heavy atom. The number of phenols is 1. The van der Waals surface area contributed by atoms with E-state index in [1.165, 1.54) is 6.21 Å². The van der Waals surface area contributed by atoms with E-state index in [9.17, 15) is 9.90 Å². The zero-order chi connectivity index (χ0) is 23.2. The summed E-state index contributed by atoms with van der Waals surface area (Å²) in [4.78, 5) is 13.0. The van der Waals surface area contributed by atoms with E-state index < -0.39 is 5.91 Å². The molecule has 4 rings (SSSR count). The molecule has 0 fully saturated rings. The number of azo groups is 1. The van der Waals surface area contributed by atoms with E-state index in [0.29, 0.717) is 28.1 Å². The molecule has 0 unspecified atom stereocenters. The van der Waals surface area contributed by atoms with Gasteiger partial charge in [0.05, 0.1) is 24.6 Å². The van der Waals surface area contributed by atoms with Gasteiger partial charge in [0.25, 0.3) is 5.91 Å². The van der Waals surface area contributed by atoms with Crippen molar-refractivity contribution in [3.63, 3.8) is 0 Å². The van der Waals surface area contributed by atoms with E-state index in [1.54, 1.807) is 67.8 Å². The van der Waals surface area contributed by atoms with Crippen LogP contribution in [0.25, 0.3) is 10.8 Å². The van der Waals surface area contributed by atoms with Gasteiger partial charge in [-0.25, -0.2) is 0 Å². The summed E-state index contributed by atoms with van der Waals surface area (Å²) >= 11 is 0. The van der Waals surface area contributed by atoms with Gasteiger partial charge in [-0.15, -0.1) is 5.11 Å². The van der Waals surface area contributed by atoms with E-state index in [4.69, 9.17) is 9.94 Å². The number of anilines is 1. The lowest BCUT2D eigenvalue weighted by Crippen LogP contribution is -2.12. The van der Waals surface area contributed by atoms with Crippen LogP contribution in [0.15, 0.2) is 94.2 Å². The van der Waals surface area contributed by atoms with Gasteiger partial charge in [-0.1, -0.05) is 41.6 Å². The van der Waals surface area contributed by atoms with Crippen LogP contribution in [0, 0.1) is 0 Å². The number of oxime groups is 1. The predicted molar refractivity (Wildman–Crippen MR) is 127 cm³/mol. The highest BCUT2D eigenvalue weighted by atomic mass is 16.5. The number of nitrogens with zero attached hydrogens (tertiary/aromatic N) is 3. The molecule has 0 saturated carbocycles. The number of carbonyl (C=O) groups is 1. The van der Waals surface area contributed by atoms with Gasteiger partial charge in [-0.2, -0.15) is 5.11 Å². The SMILES string of the molecule is COc1ccc(NC(=O)c2cc3ccccc3c(N=Nc3ccc(/C=N\O)cc3)c2O)cc1. The maximum atomic E-state index is 13.0. The Balaban J connectivity index is 1.69. The molecule has 3 N–H and O–H groups in total. The lowest BCUT2D eigenvalue weighted by atomic mass is 10.0. The molecule has 0 atom stereocenters. The van der Waals surface area contributed by atoms with Gasteiger partial charge in [-0.3, -0.25) is 4.79 Å². The number of nitrogens with one attached hydrogen (secondary N) is 1. The number of rotatable bonds is 6. The molecule has 164 valence electrons. The predicted octanol–water partition coefficient (Wildman–Crippen LogP) is 6.03. The molecule has 0 aliphatic rings. The Morgan fingerprint density at radius 1 is 0.970 bits per heavy atom. The minimum absolute atomic E-state index is 0.0768. The molecular formula is C25H20N4O4. The third kappa shape index (κ3) is 4.80. The number of amides is 1. The maximum Gasteiger partial charge on any atom is 0.259 e. The quantitative estimate of drug-likeness (QED) is 0.147. The highest BCUT2D eigenvalue weighted by Crippen LogP contribution is 2.39. The summed E-state index contributed by atoms with van der Waals surface area (Å²) in [5.41, 5.74) is 2.05. The molecule has 33 heavy (non-hydrogen) atoms. The number of hydrogen-bond donors (Lipinski definition) is 3. The van der Waals surface area contributed by atoms with Crippen LogP contribution in [-0.4, -0.2) is 29.5 Å². The molecule has 0 saturated heterocycles. The molecular weight excluding hydrogens is 420 g/mol. The Morgan fingerprint density at radius 2 is 1.70 bits per heavy atom. The Kier molecular flexibility index (Phi) is 6.26. The third-order valence-electron chi connectivity index (χ3n) is 4.95. The van der Waals surface area contributed by atoms with Crippen molar-refractivity contribution in [1.82, 2.24) is 0 Å². The molecule has 4 aromatic carbocycles. The molecule has 0 aromatic heterocycles. The minimum atomic E-state index is -0.479. The standard InChI is InChI=1S/C25H20N4O4/c1-33-20-12-10-18(11-13-20)27-25(31)22-14-17-4-2-3-5-21(17)23(24(22)30)29-28-19-8-6-16(7-9-19)15-26-32/h2-15,30,32H,1H3,(H,27,31)/b26-15-,29-28?. The normalized spacial score (nSPS) is 11.3. The van der Waals surface area contributed by atoms with Crippen molar-refractivity contribution in [2.45, 2.75) is 0 Å². The topological polar surface area (TPSA) is 116 Å². The van der Waals surface area contributed by atoms with Gasteiger partial charge in [-0.05, 0) is 53.4 Å². The van der Waals surface area contributed by atoms with E-state index in [2.05, 4.69) is 20.7 Å². The highest BCUT2D eigenvalue weighted by molar-refractivity contribution is 6.11. The lowest BCUT2D eigenvalue weighted by molar-refractivity contribution is 0.102. The molecule has 0 bridgehead atoms. The third-order valence-corrected chi connectivity index (χ3v) is 4.95. The first-order chi connectivity index (χ1) is 16.1. The summed E-state index contributed by atoms with van der Waals surface area (Å²) < 4.78 is 5.13. The fourth-order valence-electron chi connectivity index (χ4n) is 3.27. The average molecular weight is 440 g/mol. The van der Waals surface area contributed by atoms with Crippen molar-refractivity contribution in [3.05, 3.63) is 90.0 Å². The average Bonchev–Trinajstić information content (AvgIpc) is 2.84. The van der Waals surface area contributed by atoms with Crippen molar-refractivity contribution in [2.24, 2.45) is 15.4 Å². The first kappa shape index (κ1) is 21.5. The van der Waals surface area contributed by atoms with E-state index in [1.807, 2.05) is 18.2 Å². The maximum absolute atomic E-state index is 13.0. The van der Waals surface area contributed by atoms with Gasteiger partial charge in [0.1, 0.15) is 11.4 Å². The number of hydrogen-bond acceptors (Lipinski definition) is 7. The number of fused-ring (bicyclic) bond motifs is 1. The summed E-state index contributed by atoms with van der Waals surface area (Å²) in [5, 5.41) is 35.2. The summed E-state index contributed by atoms with van der Waals surface area (Å²) in [7, 11) is 1.56. The summed E-state index contributed by atoms with van der Waals surface area (Å²) in [6, 6.07) is 22.6. The van der Waals surface area contributed by atoms with Crippen molar-refractivity contribution in [2.75, 3.05) is 12.4 Å². The van der Waals surface area contributed by atoms with Crippen LogP contribution in [0.1, 0.15) is 15.9 Å². The first-order valence-electron chi connectivity index (χ1n) is 9.98. The molecule has 0 aliphatic carbocycles. The fraction of sp³-hybridized carbons (Fsp3) is 0.0400. The van der Waals surface area contributed by atoms with Crippen LogP contribution in [0.4, 0.5) is 17.1 Å². The second-order valence-corrected chi connectivity index (χ2v) is 7.06. The van der Waals surface area contributed by atoms with E-state index in [0.717, 1.165) is 5.39 Å². The first-order valence-corrected chi connectivity index (χ1v) is 9.98. The largest absolute Gasteiger partial charge is 0.505 e. The van der Waals surface area contributed by atoms with E-state index >= 15 is 0 Å². The number of carbonyl (C=O) groups excluding carboxylic acids is 1. The monoisotopic (exact) mass is 440 g/mol. The zero-order valence-electron chi connectivity index (χ0n) is 17.6. The molecule has 0 heterocycles. The fourth-order valence-corrected chi connectivity index (χ4v) is 3.27. The Bertz CT molecular complexity index is 1350. The second kappa shape index (κ2) is 9.61. The zero-order valence-corrected chi connectivity index (χ0v) is 17.6. The van der Waals surface area contributed by atoms with Gasteiger partial charge in [0.2, 0.25) is 0 Å². The number of benzene rings is 4. The summed E-state index contributed by atoms with van der Waals surface area (Å²) in [6.07, 6.45) is 1.30.